The van der Waals surface area contributed by atoms with E-state index in [0.29, 0.717) is 10.8 Å². The summed E-state index contributed by atoms with van der Waals surface area (Å²) in [6, 6.07) is 0. The number of aliphatic hydroxyl groups is 2. The van der Waals surface area contributed by atoms with Crippen molar-refractivity contribution < 1.29 is 10.2 Å². The first-order chi connectivity index (χ1) is 16.0. The fourth-order valence-corrected chi connectivity index (χ4v) is 10.6. The molecule has 34 heavy (non-hydrogen) atoms. The van der Waals surface area contributed by atoms with E-state index >= 15 is 0 Å². The molecule has 5 rings (SSSR count). The molecule has 0 heterocycles. The van der Waals surface area contributed by atoms with Crippen molar-refractivity contribution in [3.63, 3.8) is 0 Å². The van der Waals surface area contributed by atoms with E-state index in [9.17, 15) is 10.2 Å². The van der Waals surface area contributed by atoms with Crippen LogP contribution in [-0.2, 0) is 0 Å². The van der Waals surface area contributed by atoms with Gasteiger partial charge in [0.25, 0.3) is 0 Å². The Kier molecular flexibility index (Phi) is 6.80. The summed E-state index contributed by atoms with van der Waals surface area (Å²) in [6.07, 6.45) is 19.6. The second kappa shape index (κ2) is 9.04. The van der Waals surface area contributed by atoms with Gasteiger partial charge in [0.05, 0.1) is 11.2 Å². The number of rotatable bonds is 5. The number of fused-ring (bicyclic) bond motifs is 5. The highest BCUT2D eigenvalue weighted by atomic mass is 16.3. The molecule has 0 aromatic carbocycles. The van der Waals surface area contributed by atoms with Gasteiger partial charge in [0, 0.05) is 0 Å². The predicted molar refractivity (Wildman–Crippen MR) is 141 cm³/mol. The standard InChI is InChI=1S/C32H56O2/c1-6-31(33)16-13-24-23(21-31)7-8-26-25(24)12-14-30(5)27(9-10-28(26)30)22(2)11-15-32(34)19-17-29(3,4)18-20-32/h22-28,33-34H,6-21H2,1-5H3/t22-,23+,24+,25-,26-,27-,28+,30-,31+/m1/s1. The van der Waals surface area contributed by atoms with E-state index in [0.717, 1.165) is 80.0 Å². The van der Waals surface area contributed by atoms with Crippen LogP contribution in [0.4, 0.5) is 0 Å². The first-order valence-corrected chi connectivity index (χ1v) is 15.4. The van der Waals surface area contributed by atoms with Crippen molar-refractivity contribution >= 4 is 0 Å². The zero-order valence-corrected chi connectivity index (χ0v) is 23.2. The van der Waals surface area contributed by atoms with Crippen LogP contribution in [0.3, 0.4) is 0 Å². The van der Waals surface area contributed by atoms with E-state index in [1.165, 1.54) is 64.2 Å². The monoisotopic (exact) mass is 472 g/mol. The van der Waals surface area contributed by atoms with Crippen LogP contribution < -0.4 is 0 Å². The molecule has 0 amide bonds. The normalized spacial score (nSPS) is 48.4. The maximum atomic E-state index is 11.3. The van der Waals surface area contributed by atoms with E-state index in [4.69, 9.17) is 0 Å². The summed E-state index contributed by atoms with van der Waals surface area (Å²) in [5, 5.41) is 22.3. The van der Waals surface area contributed by atoms with Crippen LogP contribution in [0.5, 0.6) is 0 Å². The van der Waals surface area contributed by atoms with Crippen LogP contribution >= 0.6 is 0 Å². The van der Waals surface area contributed by atoms with Crippen molar-refractivity contribution in [3.8, 4) is 0 Å². The summed E-state index contributed by atoms with van der Waals surface area (Å²) < 4.78 is 0. The average Bonchev–Trinajstić information content (AvgIpc) is 3.17. The van der Waals surface area contributed by atoms with Gasteiger partial charge in [-0.25, -0.2) is 0 Å². The minimum atomic E-state index is -0.389. The molecule has 2 nitrogen and oxygen atoms in total. The van der Waals surface area contributed by atoms with E-state index in [1.54, 1.807) is 0 Å². The van der Waals surface area contributed by atoms with Crippen molar-refractivity contribution in [1.82, 2.24) is 0 Å². The highest BCUT2D eigenvalue weighted by Gasteiger charge is 2.58. The molecular formula is C32H56O2. The van der Waals surface area contributed by atoms with Crippen molar-refractivity contribution in [2.24, 2.45) is 52.3 Å². The summed E-state index contributed by atoms with van der Waals surface area (Å²) in [6.45, 7) is 12.1. The van der Waals surface area contributed by atoms with E-state index < -0.39 is 0 Å². The van der Waals surface area contributed by atoms with Crippen molar-refractivity contribution in [2.75, 3.05) is 0 Å². The summed E-state index contributed by atoms with van der Waals surface area (Å²) in [4.78, 5) is 0. The quantitative estimate of drug-likeness (QED) is 0.424. The van der Waals surface area contributed by atoms with Crippen LogP contribution in [0.2, 0.25) is 0 Å². The van der Waals surface area contributed by atoms with Gasteiger partial charge in [-0.1, -0.05) is 34.6 Å². The third-order valence-electron chi connectivity index (χ3n) is 13.1. The largest absolute Gasteiger partial charge is 0.390 e. The molecular weight excluding hydrogens is 416 g/mol. The Labute approximate surface area is 211 Å². The van der Waals surface area contributed by atoms with E-state index in [-0.39, 0.29) is 11.2 Å². The van der Waals surface area contributed by atoms with Crippen molar-refractivity contribution in [3.05, 3.63) is 0 Å². The van der Waals surface area contributed by atoms with Crippen LogP contribution in [0.15, 0.2) is 0 Å². The average molecular weight is 473 g/mol. The van der Waals surface area contributed by atoms with Gasteiger partial charge >= 0.3 is 0 Å². The highest BCUT2D eigenvalue weighted by Crippen LogP contribution is 2.66. The molecule has 5 aliphatic carbocycles. The lowest BCUT2D eigenvalue weighted by Crippen LogP contribution is -2.51. The Morgan fingerprint density at radius 1 is 0.735 bits per heavy atom. The lowest BCUT2D eigenvalue weighted by Gasteiger charge is -2.57. The Balaban J connectivity index is 1.21. The Morgan fingerprint density at radius 2 is 1.44 bits per heavy atom. The highest BCUT2D eigenvalue weighted by molar-refractivity contribution is 5.07. The lowest BCUT2D eigenvalue weighted by molar-refractivity contribution is -0.109. The van der Waals surface area contributed by atoms with Gasteiger partial charge < -0.3 is 10.2 Å². The molecule has 0 bridgehead atoms. The molecule has 0 spiro atoms. The zero-order valence-electron chi connectivity index (χ0n) is 23.2. The molecule has 5 saturated carbocycles. The molecule has 0 aliphatic heterocycles. The molecule has 9 atom stereocenters. The lowest BCUT2D eigenvalue weighted by atomic mass is 9.48. The first kappa shape index (κ1) is 25.6. The summed E-state index contributed by atoms with van der Waals surface area (Å²) >= 11 is 0. The molecule has 0 saturated heterocycles. The maximum absolute atomic E-state index is 11.3. The van der Waals surface area contributed by atoms with Gasteiger partial charge in [-0.05, 0) is 155 Å². The van der Waals surface area contributed by atoms with Crippen LogP contribution in [-0.4, -0.2) is 21.4 Å². The fraction of sp³-hybridized carbons (Fsp3) is 1.00. The minimum absolute atomic E-state index is 0.358. The summed E-state index contributed by atoms with van der Waals surface area (Å²) in [5.74, 6) is 6.13. The zero-order chi connectivity index (χ0) is 24.4. The van der Waals surface area contributed by atoms with Gasteiger partial charge in [0.1, 0.15) is 0 Å². The third-order valence-corrected chi connectivity index (χ3v) is 13.1. The second-order valence-electron chi connectivity index (χ2n) is 15.4. The molecule has 5 fully saturated rings. The number of hydrogen-bond acceptors (Lipinski definition) is 2. The first-order valence-electron chi connectivity index (χ1n) is 15.4. The van der Waals surface area contributed by atoms with E-state index in [2.05, 4.69) is 34.6 Å². The van der Waals surface area contributed by atoms with Gasteiger partial charge in [-0.3, -0.25) is 0 Å². The Hall–Kier alpha value is -0.0800. The van der Waals surface area contributed by atoms with Gasteiger partial charge in [0.2, 0.25) is 0 Å². The second-order valence-corrected chi connectivity index (χ2v) is 15.4. The predicted octanol–water partition coefficient (Wildman–Crippen LogP) is 8.14. The Bertz CT molecular complexity index is 719. The smallest absolute Gasteiger partial charge is 0.0648 e. The van der Waals surface area contributed by atoms with Crippen molar-refractivity contribution in [2.45, 2.75) is 149 Å². The maximum Gasteiger partial charge on any atom is 0.0648 e. The molecule has 0 unspecified atom stereocenters. The van der Waals surface area contributed by atoms with Gasteiger partial charge in [-0.2, -0.15) is 0 Å². The SMILES string of the molecule is CC[C@]1(O)CC[C@H]2[C@@H](CC[C@@H]3[C@@H]2CC[C@]2(C)[C@@H]([C@H](C)CCC4(O)CCC(C)(C)CC4)CC[C@@H]32)C1. The van der Waals surface area contributed by atoms with Crippen LogP contribution in [0.1, 0.15) is 137 Å². The molecule has 196 valence electrons. The Morgan fingerprint density at radius 3 is 2.15 bits per heavy atom. The molecule has 5 aliphatic rings. The summed E-state index contributed by atoms with van der Waals surface area (Å²) in [5.41, 5.74) is 0.210. The molecule has 0 aromatic heterocycles. The van der Waals surface area contributed by atoms with Crippen LogP contribution in [0, 0.1) is 52.3 Å². The topological polar surface area (TPSA) is 40.5 Å². The van der Waals surface area contributed by atoms with E-state index in [1.807, 2.05) is 0 Å². The van der Waals surface area contributed by atoms with Crippen molar-refractivity contribution in [1.29, 1.82) is 0 Å². The fourth-order valence-electron chi connectivity index (χ4n) is 10.6. The van der Waals surface area contributed by atoms with Gasteiger partial charge in [-0.15, -0.1) is 0 Å². The number of hydrogen-bond donors (Lipinski definition) is 2. The third kappa shape index (κ3) is 4.55. The van der Waals surface area contributed by atoms with Crippen LogP contribution in [0.25, 0.3) is 0 Å². The molecule has 2 N–H and O–H groups in total. The molecule has 2 heteroatoms. The minimum Gasteiger partial charge on any atom is -0.390 e. The molecule has 0 aromatic rings. The van der Waals surface area contributed by atoms with Gasteiger partial charge in [0.15, 0.2) is 0 Å². The summed E-state index contributed by atoms with van der Waals surface area (Å²) in [7, 11) is 0. The molecule has 0 radical (unpaired) electrons.